The zero-order valence-corrected chi connectivity index (χ0v) is 12.9. The van der Waals surface area contributed by atoms with Crippen molar-refractivity contribution in [2.45, 2.75) is 19.8 Å². The highest BCUT2D eigenvalue weighted by Gasteiger charge is 2.16. The van der Waals surface area contributed by atoms with Gasteiger partial charge >= 0.3 is 0 Å². The van der Waals surface area contributed by atoms with E-state index in [0.717, 1.165) is 5.69 Å². The fourth-order valence-electron chi connectivity index (χ4n) is 2.43. The summed E-state index contributed by atoms with van der Waals surface area (Å²) in [6.45, 7) is 4.24. The molecule has 0 unspecified atom stereocenters. The molecule has 0 amide bonds. The number of nitrogens with zero attached hydrogens (tertiary/aromatic N) is 4. The lowest BCUT2D eigenvalue weighted by Crippen LogP contribution is -2.00. The van der Waals surface area contributed by atoms with Gasteiger partial charge in [-0.1, -0.05) is 43.3 Å². The zero-order chi connectivity index (χ0) is 16.4. The van der Waals surface area contributed by atoms with Crippen LogP contribution in [0.1, 0.15) is 31.0 Å². The maximum absolute atomic E-state index is 13.5. The Labute approximate surface area is 133 Å². The lowest BCUT2D eigenvalue weighted by Gasteiger charge is -2.09. The lowest BCUT2D eigenvalue weighted by molar-refractivity contribution is 0.628. The summed E-state index contributed by atoms with van der Waals surface area (Å²) in [6, 6.07) is 16.0. The van der Waals surface area contributed by atoms with E-state index in [4.69, 9.17) is 0 Å². The Bertz CT molecular complexity index is 873. The number of aromatic nitrogens is 3. The maximum atomic E-state index is 13.5. The molecule has 0 aliphatic carbocycles. The molecule has 0 spiro atoms. The number of rotatable bonds is 3. The monoisotopic (exact) mass is 306 g/mol. The molecule has 0 saturated carbocycles. The van der Waals surface area contributed by atoms with E-state index in [1.807, 2.05) is 30.3 Å². The first kappa shape index (κ1) is 14.9. The Hall–Kier alpha value is -3.00. The van der Waals surface area contributed by atoms with Gasteiger partial charge in [-0.3, -0.25) is 0 Å². The molecule has 4 nitrogen and oxygen atoms in total. The van der Waals surface area contributed by atoms with Crippen molar-refractivity contribution in [1.82, 2.24) is 15.0 Å². The molecule has 3 rings (SSSR count). The van der Waals surface area contributed by atoms with Crippen molar-refractivity contribution in [3.63, 3.8) is 0 Å². The predicted molar refractivity (Wildman–Crippen MR) is 85.6 cm³/mol. The van der Waals surface area contributed by atoms with Crippen LogP contribution in [0.15, 0.2) is 48.5 Å². The van der Waals surface area contributed by atoms with Crippen LogP contribution in [-0.4, -0.2) is 15.0 Å². The molecular formula is C18H15FN4. The van der Waals surface area contributed by atoms with E-state index in [1.54, 1.807) is 16.8 Å². The second kappa shape index (κ2) is 6.01. The number of nitriles is 1. The predicted octanol–water partition coefficient (Wildman–Crippen LogP) is 4.07. The Balaban J connectivity index is 2.14. The zero-order valence-electron chi connectivity index (χ0n) is 12.9. The van der Waals surface area contributed by atoms with Gasteiger partial charge in [-0.25, -0.2) is 9.07 Å². The molecule has 0 N–H and O–H groups in total. The highest BCUT2D eigenvalue weighted by Crippen LogP contribution is 2.26. The van der Waals surface area contributed by atoms with Gasteiger partial charge in [0.15, 0.2) is 5.69 Å². The molecule has 23 heavy (non-hydrogen) atoms. The molecule has 0 aliphatic heterocycles. The molecule has 114 valence electrons. The van der Waals surface area contributed by atoms with Crippen LogP contribution in [0.25, 0.3) is 16.9 Å². The quantitative estimate of drug-likeness (QED) is 0.733. The molecule has 1 aromatic heterocycles. The van der Waals surface area contributed by atoms with Gasteiger partial charge in [-0.2, -0.15) is 5.26 Å². The summed E-state index contributed by atoms with van der Waals surface area (Å²) >= 11 is 0. The van der Waals surface area contributed by atoms with Crippen molar-refractivity contribution in [3.8, 4) is 23.0 Å². The fraction of sp³-hybridized carbons (Fsp3) is 0.167. The topological polar surface area (TPSA) is 54.5 Å². The van der Waals surface area contributed by atoms with Crippen LogP contribution in [0, 0.1) is 17.1 Å². The Kier molecular flexibility index (Phi) is 3.90. The van der Waals surface area contributed by atoms with Crippen LogP contribution in [-0.2, 0) is 0 Å². The SMILES string of the molecule is CC(C)c1ccc(-n2nnc(C#N)c2-c2cccc(F)c2)cc1. The van der Waals surface area contributed by atoms with Gasteiger partial charge in [-0.05, 0) is 35.7 Å². The number of halogens is 1. The third kappa shape index (κ3) is 2.84. The van der Waals surface area contributed by atoms with Crippen molar-refractivity contribution < 1.29 is 4.39 Å². The second-order valence-electron chi connectivity index (χ2n) is 5.57. The van der Waals surface area contributed by atoms with Crippen molar-refractivity contribution in [2.75, 3.05) is 0 Å². The molecule has 0 fully saturated rings. The van der Waals surface area contributed by atoms with Crippen molar-refractivity contribution in [1.29, 1.82) is 5.26 Å². The average molecular weight is 306 g/mol. The highest BCUT2D eigenvalue weighted by atomic mass is 19.1. The van der Waals surface area contributed by atoms with Gasteiger partial charge in [0.1, 0.15) is 17.6 Å². The van der Waals surface area contributed by atoms with E-state index in [9.17, 15) is 9.65 Å². The Morgan fingerprint density at radius 1 is 1.13 bits per heavy atom. The van der Waals surface area contributed by atoms with Crippen LogP contribution in [0.4, 0.5) is 4.39 Å². The Morgan fingerprint density at radius 3 is 2.48 bits per heavy atom. The van der Waals surface area contributed by atoms with Crippen LogP contribution in [0.2, 0.25) is 0 Å². The molecule has 0 bridgehead atoms. The van der Waals surface area contributed by atoms with E-state index < -0.39 is 0 Å². The van der Waals surface area contributed by atoms with Crippen LogP contribution in [0.5, 0.6) is 0 Å². The average Bonchev–Trinajstić information content (AvgIpc) is 2.99. The molecule has 5 heteroatoms. The molecule has 1 heterocycles. The number of hydrogen-bond acceptors (Lipinski definition) is 3. The molecule has 0 saturated heterocycles. The van der Waals surface area contributed by atoms with Gasteiger partial charge in [0.25, 0.3) is 0 Å². The van der Waals surface area contributed by atoms with Gasteiger partial charge in [0.2, 0.25) is 0 Å². The third-order valence-electron chi connectivity index (χ3n) is 3.68. The largest absolute Gasteiger partial charge is 0.211 e. The van der Waals surface area contributed by atoms with Crippen molar-refractivity contribution in [2.24, 2.45) is 0 Å². The molecule has 3 aromatic rings. The number of benzene rings is 2. The standard InChI is InChI=1S/C18H15FN4/c1-12(2)13-6-8-16(9-7-13)23-18(17(11-20)21-22-23)14-4-3-5-15(19)10-14/h3-10,12H,1-2H3. The normalized spacial score (nSPS) is 10.7. The molecule has 0 atom stereocenters. The first-order valence-corrected chi connectivity index (χ1v) is 7.32. The minimum atomic E-state index is -0.366. The maximum Gasteiger partial charge on any atom is 0.191 e. The van der Waals surface area contributed by atoms with Gasteiger partial charge in [-0.15, -0.1) is 5.10 Å². The third-order valence-corrected chi connectivity index (χ3v) is 3.68. The van der Waals surface area contributed by atoms with Crippen LogP contribution < -0.4 is 0 Å². The van der Waals surface area contributed by atoms with Crippen LogP contribution in [0.3, 0.4) is 0 Å². The summed E-state index contributed by atoms with van der Waals surface area (Å²) in [6.07, 6.45) is 0. The van der Waals surface area contributed by atoms with Gasteiger partial charge in [0, 0.05) is 5.56 Å². The minimum Gasteiger partial charge on any atom is -0.211 e. The molecule has 2 aromatic carbocycles. The summed E-state index contributed by atoms with van der Waals surface area (Å²) in [4.78, 5) is 0. The van der Waals surface area contributed by atoms with Gasteiger partial charge < -0.3 is 0 Å². The summed E-state index contributed by atoms with van der Waals surface area (Å²) in [7, 11) is 0. The summed E-state index contributed by atoms with van der Waals surface area (Å²) in [5, 5.41) is 17.2. The van der Waals surface area contributed by atoms with Crippen LogP contribution >= 0.6 is 0 Å². The summed E-state index contributed by atoms with van der Waals surface area (Å²) in [5.74, 6) is 0.0615. The summed E-state index contributed by atoms with van der Waals surface area (Å²) in [5.41, 5.74) is 3.22. The van der Waals surface area contributed by atoms with Crippen molar-refractivity contribution in [3.05, 3.63) is 65.6 Å². The lowest BCUT2D eigenvalue weighted by atomic mass is 10.0. The molecular weight excluding hydrogens is 291 g/mol. The fourth-order valence-corrected chi connectivity index (χ4v) is 2.43. The van der Waals surface area contributed by atoms with E-state index in [-0.39, 0.29) is 11.5 Å². The Morgan fingerprint density at radius 2 is 1.87 bits per heavy atom. The van der Waals surface area contributed by atoms with E-state index in [2.05, 4.69) is 24.2 Å². The van der Waals surface area contributed by atoms with Gasteiger partial charge in [0.05, 0.1) is 5.69 Å². The smallest absolute Gasteiger partial charge is 0.191 e. The highest BCUT2D eigenvalue weighted by molar-refractivity contribution is 5.67. The first-order valence-electron chi connectivity index (χ1n) is 7.32. The summed E-state index contributed by atoms with van der Waals surface area (Å²) < 4.78 is 15.1. The number of hydrogen-bond donors (Lipinski definition) is 0. The van der Waals surface area contributed by atoms with E-state index in [1.165, 1.54) is 17.7 Å². The first-order chi connectivity index (χ1) is 11.1. The molecule has 0 radical (unpaired) electrons. The minimum absolute atomic E-state index is 0.170. The van der Waals surface area contributed by atoms with E-state index in [0.29, 0.717) is 17.2 Å². The molecule has 0 aliphatic rings. The van der Waals surface area contributed by atoms with Crippen molar-refractivity contribution >= 4 is 0 Å². The van der Waals surface area contributed by atoms with E-state index >= 15 is 0 Å². The second-order valence-corrected chi connectivity index (χ2v) is 5.57.